The maximum absolute atomic E-state index is 12.9. The fraction of sp³-hybridized carbons (Fsp3) is 0.222. The molecule has 4 aromatic rings. The summed E-state index contributed by atoms with van der Waals surface area (Å²) >= 11 is 0. The van der Waals surface area contributed by atoms with Gasteiger partial charge in [-0.3, -0.25) is 9.59 Å². The van der Waals surface area contributed by atoms with Crippen molar-refractivity contribution in [2.75, 3.05) is 26.2 Å². The monoisotopic (exact) mass is 454 g/mol. The molecule has 1 saturated heterocycles. The molecular weight excluding hydrogens is 428 g/mol. The lowest BCUT2D eigenvalue weighted by molar-refractivity contribution is 0.0535. The smallest absolute Gasteiger partial charge is 0.253 e. The summed E-state index contributed by atoms with van der Waals surface area (Å²) in [7, 11) is 0. The van der Waals surface area contributed by atoms with Crippen molar-refractivity contribution in [2.45, 2.75) is 13.5 Å². The molecule has 5 rings (SSSR count). The third-order valence-electron chi connectivity index (χ3n) is 6.09. The van der Waals surface area contributed by atoms with Crippen LogP contribution in [0.3, 0.4) is 0 Å². The first-order chi connectivity index (χ1) is 16.6. The molecule has 0 spiro atoms. The van der Waals surface area contributed by atoms with Gasteiger partial charge in [0.2, 0.25) is 0 Å². The Morgan fingerprint density at radius 3 is 2.06 bits per heavy atom. The number of fused-ring (bicyclic) bond motifs is 1. The standard InChI is InChI=1S/C27H26N4O3/c1-20-6-5-13-31-18-23(28-25(20)31)19-34-24-11-9-22(10-12-24)27(33)30-16-14-29(15-17-30)26(32)21-7-3-2-4-8-21/h2-13,18H,14-17,19H2,1H3. The number of pyridine rings is 1. The molecule has 0 radical (unpaired) electrons. The number of piperazine rings is 1. The van der Waals surface area contributed by atoms with E-state index in [0.29, 0.717) is 49.7 Å². The number of benzene rings is 2. The molecule has 2 aromatic carbocycles. The summed E-state index contributed by atoms with van der Waals surface area (Å²) in [6, 6.07) is 20.5. The van der Waals surface area contributed by atoms with Crippen molar-refractivity contribution in [1.29, 1.82) is 0 Å². The van der Waals surface area contributed by atoms with Gasteiger partial charge in [0.05, 0.1) is 5.69 Å². The number of rotatable bonds is 5. The second-order valence-electron chi connectivity index (χ2n) is 8.42. The van der Waals surface area contributed by atoms with E-state index in [9.17, 15) is 9.59 Å². The van der Waals surface area contributed by atoms with E-state index in [1.165, 1.54) is 0 Å². The number of imidazole rings is 1. The Balaban J connectivity index is 1.15. The molecule has 0 aliphatic carbocycles. The van der Waals surface area contributed by atoms with Crippen LogP contribution in [0.15, 0.2) is 79.1 Å². The van der Waals surface area contributed by atoms with E-state index in [1.807, 2.05) is 78.3 Å². The van der Waals surface area contributed by atoms with Crippen LogP contribution in [0, 0.1) is 6.92 Å². The summed E-state index contributed by atoms with van der Waals surface area (Å²) in [5.41, 5.74) is 4.17. The lowest BCUT2D eigenvalue weighted by Gasteiger charge is -2.34. The van der Waals surface area contributed by atoms with Gasteiger partial charge in [-0.05, 0) is 55.0 Å². The zero-order chi connectivity index (χ0) is 23.5. The van der Waals surface area contributed by atoms with Gasteiger partial charge in [-0.15, -0.1) is 0 Å². The minimum absolute atomic E-state index is 0.00923. The van der Waals surface area contributed by atoms with Gasteiger partial charge in [0, 0.05) is 49.7 Å². The lowest BCUT2D eigenvalue weighted by atomic mass is 10.1. The highest BCUT2D eigenvalue weighted by molar-refractivity contribution is 5.96. The largest absolute Gasteiger partial charge is 0.487 e. The van der Waals surface area contributed by atoms with Crippen LogP contribution in [0.1, 0.15) is 32.0 Å². The van der Waals surface area contributed by atoms with Crippen LogP contribution in [0.5, 0.6) is 5.75 Å². The van der Waals surface area contributed by atoms with Gasteiger partial charge in [-0.25, -0.2) is 4.98 Å². The molecule has 2 amide bonds. The predicted molar refractivity (Wildman–Crippen MR) is 129 cm³/mol. The minimum atomic E-state index is -0.0332. The van der Waals surface area contributed by atoms with Crippen molar-refractivity contribution in [2.24, 2.45) is 0 Å². The number of amides is 2. The van der Waals surface area contributed by atoms with Crippen LogP contribution in [-0.2, 0) is 6.61 Å². The fourth-order valence-electron chi connectivity index (χ4n) is 4.18. The highest BCUT2D eigenvalue weighted by Crippen LogP contribution is 2.18. The summed E-state index contributed by atoms with van der Waals surface area (Å²) in [4.78, 5) is 33.8. The third kappa shape index (κ3) is 4.50. The van der Waals surface area contributed by atoms with Crippen molar-refractivity contribution in [3.05, 3.63) is 102 Å². The van der Waals surface area contributed by atoms with E-state index < -0.39 is 0 Å². The zero-order valence-corrected chi connectivity index (χ0v) is 19.1. The van der Waals surface area contributed by atoms with Gasteiger partial charge in [0.15, 0.2) is 0 Å². The number of nitrogens with zero attached hydrogens (tertiary/aromatic N) is 4. The maximum Gasteiger partial charge on any atom is 0.253 e. The maximum atomic E-state index is 12.9. The molecule has 0 unspecified atom stereocenters. The molecule has 0 saturated carbocycles. The van der Waals surface area contributed by atoms with Crippen LogP contribution in [0.2, 0.25) is 0 Å². The van der Waals surface area contributed by atoms with Crippen molar-refractivity contribution >= 4 is 17.5 Å². The number of aryl methyl sites for hydroxylation is 1. The van der Waals surface area contributed by atoms with Crippen LogP contribution >= 0.6 is 0 Å². The molecule has 172 valence electrons. The van der Waals surface area contributed by atoms with Crippen molar-refractivity contribution in [3.63, 3.8) is 0 Å². The number of carbonyl (C=O) groups excluding carboxylic acids is 2. The Labute approximate surface area is 198 Å². The number of ether oxygens (including phenoxy) is 1. The Morgan fingerprint density at radius 2 is 1.44 bits per heavy atom. The molecule has 1 aliphatic rings. The van der Waals surface area contributed by atoms with Gasteiger partial charge in [-0.2, -0.15) is 0 Å². The summed E-state index contributed by atoms with van der Waals surface area (Å²) in [5, 5.41) is 0. The Kier molecular flexibility index (Phi) is 5.99. The summed E-state index contributed by atoms with van der Waals surface area (Å²) in [6.07, 6.45) is 3.93. The molecule has 3 heterocycles. The Bertz CT molecular complexity index is 1310. The van der Waals surface area contributed by atoms with E-state index in [-0.39, 0.29) is 11.8 Å². The van der Waals surface area contributed by atoms with Crippen LogP contribution in [-0.4, -0.2) is 57.2 Å². The van der Waals surface area contributed by atoms with E-state index in [4.69, 9.17) is 4.74 Å². The minimum Gasteiger partial charge on any atom is -0.487 e. The Morgan fingerprint density at radius 1 is 0.824 bits per heavy atom. The predicted octanol–water partition coefficient (Wildman–Crippen LogP) is 3.82. The molecule has 0 atom stereocenters. The van der Waals surface area contributed by atoms with E-state index in [0.717, 1.165) is 16.9 Å². The van der Waals surface area contributed by atoms with Gasteiger partial charge in [0.25, 0.3) is 11.8 Å². The summed E-state index contributed by atoms with van der Waals surface area (Å²) < 4.78 is 7.87. The molecule has 7 heteroatoms. The summed E-state index contributed by atoms with van der Waals surface area (Å²) in [5.74, 6) is 0.660. The van der Waals surface area contributed by atoms with Crippen LogP contribution in [0.25, 0.3) is 5.65 Å². The quantitative estimate of drug-likeness (QED) is 0.460. The van der Waals surface area contributed by atoms with Crippen LogP contribution in [0.4, 0.5) is 0 Å². The first-order valence-electron chi connectivity index (χ1n) is 11.4. The van der Waals surface area contributed by atoms with Gasteiger partial charge < -0.3 is 18.9 Å². The fourth-order valence-corrected chi connectivity index (χ4v) is 4.18. The second-order valence-corrected chi connectivity index (χ2v) is 8.42. The number of hydrogen-bond acceptors (Lipinski definition) is 4. The Hall–Kier alpha value is -4.13. The normalized spacial score (nSPS) is 13.8. The molecule has 7 nitrogen and oxygen atoms in total. The number of carbonyl (C=O) groups is 2. The SMILES string of the molecule is Cc1cccn2cc(COc3ccc(C(=O)N4CCN(C(=O)c5ccccc5)CC4)cc3)nc12. The molecule has 1 aliphatic heterocycles. The summed E-state index contributed by atoms with van der Waals surface area (Å²) in [6.45, 7) is 4.47. The van der Waals surface area contributed by atoms with Crippen molar-refractivity contribution in [3.8, 4) is 5.75 Å². The average molecular weight is 455 g/mol. The van der Waals surface area contributed by atoms with Gasteiger partial charge >= 0.3 is 0 Å². The highest BCUT2D eigenvalue weighted by atomic mass is 16.5. The first-order valence-corrected chi connectivity index (χ1v) is 11.4. The molecule has 34 heavy (non-hydrogen) atoms. The molecular formula is C27H26N4O3. The van der Waals surface area contributed by atoms with E-state index in [2.05, 4.69) is 4.98 Å². The van der Waals surface area contributed by atoms with E-state index >= 15 is 0 Å². The number of aromatic nitrogens is 2. The van der Waals surface area contributed by atoms with E-state index in [1.54, 1.807) is 21.9 Å². The molecule has 2 aromatic heterocycles. The molecule has 0 bridgehead atoms. The first kappa shape index (κ1) is 21.7. The molecule has 1 fully saturated rings. The lowest BCUT2D eigenvalue weighted by Crippen LogP contribution is -2.50. The highest BCUT2D eigenvalue weighted by Gasteiger charge is 2.25. The third-order valence-corrected chi connectivity index (χ3v) is 6.09. The zero-order valence-electron chi connectivity index (χ0n) is 19.1. The van der Waals surface area contributed by atoms with Gasteiger partial charge in [-0.1, -0.05) is 24.3 Å². The number of hydrogen-bond donors (Lipinski definition) is 0. The van der Waals surface area contributed by atoms with Gasteiger partial charge in [0.1, 0.15) is 18.0 Å². The molecule has 0 N–H and O–H groups in total. The van der Waals surface area contributed by atoms with Crippen molar-refractivity contribution < 1.29 is 14.3 Å². The topological polar surface area (TPSA) is 67.2 Å². The van der Waals surface area contributed by atoms with Crippen LogP contribution < -0.4 is 4.74 Å². The van der Waals surface area contributed by atoms with Crippen molar-refractivity contribution in [1.82, 2.24) is 19.2 Å². The average Bonchev–Trinajstić information content (AvgIpc) is 3.32. The second kappa shape index (κ2) is 9.39.